The van der Waals surface area contributed by atoms with Crippen molar-refractivity contribution < 1.29 is 28.4 Å². The molecule has 0 unspecified atom stereocenters. The van der Waals surface area contributed by atoms with Gasteiger partial charge in [-0.05, 0) is 13.0 Å². The van der Waals surface area contributed by atoms with Crippen molar-refractivity contribution in [2.75, 3.05) is 26.2 Å². The van der Waals surface area contributed by atoms with E-state index in [-0.39, 0.29) is 24.0 Å². The van der Waals surface area contributed by atoms with Crippen LogP contribution in [0.4, 0.5) is 0 Å². The molecule has 0 aromatic carbocycles. The zero-order valence-corrected chi connectivity index (χ0v) is 20.2. The molecule has 0 N–H and O–H groups in total. The largest absolute Gasteiger partial charge is 1.00 e. The summed E-state index contributed by atoms with van der Waals surface area (Å²) in [4.78, 5) is 0. The molecule has 4 nitrogen and oxygen atoms in total. The van der Waals surface area contributed by atoms with E-state index in [0.717, 1.165) is 32.7 Å². The zero-order chi connectivity index (χ0) is 17.9. The van der Waals surface area contributed by atoms with Gasteiger partial charge in [0.15, 0.2) is 12.0 Å². The van der Waals surface area contributed by atoms with Crippen LogP contribution in [0.1, 0.15) is 40.3 Å². The Morgan fingerprint density at radius 1 is 1.00 bits per heavy atom. The lowest BCUT2D eigenvalue weighted by Gasteiger charge is -2.39. The number of halogens is 1. The Morgan fingerprint density at radius 2 is 1.52 bits per heavy atom. The highest BCUT2D eigenvalue weighted by molar-refractivity contribution is 8.15. The lowest BCUT2D eigenvalue weighted by atomic mass is 10.5. The van der Waals surface area contributed by atoms with Gasteiger partial charge in [-0.15, -0.1) is 0 Å². The first kappa shape index (κ1) is 23.0. The van der Waals surface area contributed by atoms with E-state index in [4.69, 9.17) is 11.8 Å². The fraction of sp³-hybridized carbons (Fsp3) is 0.611. The maximum atomic E-state index is 6.51. The number of hydrogen-bond donors (Lipinski definition) is 0. The van der Waals surface area contributed by atoms with Crippen molar-refractivity contribution in [2.45, 2.75) is 48.1 Å². The Balaban J connectivity index is 0.00000312. The molecule has 0 amide bonds. The predicted octanol–water partition coefficient (Wildman–Crippen LogP) is 0.178. The van der Waals surface area contributed by atoms with Gasteiger partial charge in [0, 0.05) is 39.2 Å². The Kier molecular flexibility index (Phi) is 9.02. The minimum absolute atomic E-state index is 0. The SMILES string of the molecule is CCN(CC)P(=S)(c1c(C)n(CC)c2cccc[n+]12)N(CC)CC.[I-]. The van der Waals surface area contributed by atoms with E-state index in [9.17, 15) is 0 Å². The molecule has 2 aromatic rings. The molecule has 2 rings (SSSR count). The van der Waals surface area contributed by atoms with Crippen LogP contribution in [-0.4, -0.2) is 40.1 Å². The smallest absolute Gasteiger partial charge is 0.286 e. The zero-order valence-electron chi connectivity index (χ0n) is 16.4. The molecule has 25 heavy (non-hydrogen) atoms. The maximum Gasteiger partial charge on any atom is 0.286 e. The second-order valence-corrected chi connectivity index (χ2v) is 10.1. The van der Waals surface area contributed by atoms with Gasteiger partial charge in [-0.3, -0.25) is 9.34 Å². The summed E-state index contributed by atoms with van der Waals surface area (Å²) >= 11 is 6.51. The van der Waals surface area contributed by atoms with E-state index in [1.165, 1.54) is 16.8 Å². The van der Waals surface area contributed by atoms with Gasteiger partial charge < -0.3 is 24.0 Å². The lowest BCUT2D eigenvalue weighted by molar-refractivity contribution is -0.491. The van der Waals surface area contributed by atoms with Gasteiger partial charge in [-0.2, -0.15) is 4.40 Å². The maximum absolute atomic E-state index is 6.51. The van der Waals surface area contributed by atoms with E-state index in [1.54, 1.807) is 0 Å². The third kappa shape index (κ3) is 3.84. The first-order valence-corrected chi connectivity index (χ1v) is 11.8. The summed E-state index contributed by atoms with van der Waals surface area (Å²) in [6.07, 6.45) is 0.153. The van der Waals surface area contributed by atoms with Crippen molar-refractivity contribution in [2.24, 2.45) is 0 Å². The number of rotatable bonds is 8. The standard InChI is InChI=1S/C18H32N4PS.HI/c1-7-19(8-2)23(24,20(9-3)10-4)18-16(6)21(11-5)17-14-12-13-15-22(17)18;/h12-15H,7-11H2,1-6H3;1H/q+1;/p-1. The van der Waals surface area contributed by atoms with E-state index >= 15 is 0 Å². The second kappa shape index (κ2) is 9.79. The van der Waals surface area contributed by atoms with Crippen LogP contribution in [0.5, 0.6) is 0 Å². The summed E-state index contributed by atoms with van der Waals surface area (Å²) in [6, 6.07) is 6.42. The summed E-state index contributed by atoms with van der Waals surface area (Å²) < 4.78 is 9.76. The molecule has 0 aliphatic heterocycles. The van der Waals surface area contributed by atoms with Gasteiger partial charge in [0.25, 0.3) is 5.65 Å². The van der Waals surface area contributed by atoms with Crippen molar-refractivity contribution in [1.82, 2.24) is 13.9 Å². The molecule has 0 saturated heterocycles. The van der Waals surface area contributed by atoms with Gasteiger partial charge in [-0.25, -0.2) is 4.57 Å². The normalized spacial score (nSPS) is 12.2. The van der Waals surface area contributed by atoms with Crippen LogP contribution in [-0.2, 0) is 18.4 Å². The first-order valence-electron chi connectivity index (χ1n) is 9.11. The van der Waals surface area contributed by atoms with Crippen LogP contribution in [0.3, 0.4) is 0 Å². The van der Waals surface area contributed by atoms with Crippen molar-refractivity contribution in [3.8, 4) is 0 Å². The highest BCUT2D eigenvalue weighted by atomic mass is 127. The number of imidazole rings is 1. The van der Waals surface area contributed by atoms with E-state index in [1.807, 2.05) is 0 Å². The van der Waals surface area contributed by atoms with Crippen LogP contribution >= 0.6 is 6.34 Å². The van der Waals surface area contributed by atoms with Crippen molar-refractivity contribution >= 4 is 29.2 Å². The number of hydrogen-bond acceptors (Lipinski definition) is 1. The van der Waals surface area contributed by atoms with Gasteiger partial charge >= 0.3 is 0 Å². The van der Waals surface area contributed by atoms with Crippen LogP contribution in [0, 0.1) is 6.92 Å². The number of aromatic nitrogens is 2. The number of nitrogens with zero attached hydrogens (tertiary/aromatic N) is 4. The van der Waals surface area contributed by atoms with Crippen LogP contribution in [0.15, 0.2) is 24.4 Å². The summed E-state index contributed by atoms with van der Waals surface area (Å²) in [7, 11) is 0. The van der Waals surface area contributed by atoms with Gasteiger partial charge in [0.1, 0.15) is 0 Å². The van der Waals surface area contributed by atoms with E-state index in [0.29, 0.717) is 0 Å². The molecule has 2 aromatic heterocycles. The minimum Gasteiger partial charge on any atom is -1.00 e. The lowest BCUT2D eigenvalue weighted by Crippen LogP contribution is -3.00. The average Bonchev–Trinajstić information content (AvgIpc) is 2.88. The second-order valence-electron chi connectivity index (χ2n) is 5.90. The molecule has 142 valence electrons. The third-order valence-electron chi connectivity index (χ3n) is 4.89. The highest BCUT2D eigenvalue weighted by Crippen LogP contribution is 2.52. The summed E-state index contributed by atoms with van der Waals surface area (Å²) in [6.45, 7) is 18.3. The van der Waals surface area contributed by atoms with Gasteiger partial charge in [0.05, 0.1) is 12.7 Å². The van der Waals surface area contributed by atoms with Crippen molar-refractivity contribution in [3.05, 3.63) is 30.1 Å². The first-order chi connectivity index (χ1) is 11.5. The Morgan fingerprint density at radius 3 is 1.96 bits per heavy atom. The van der Waals surface area contributed by atoms with Crippen molar-refractivity contribution in [3.63, 3.8) is 0 Å². The summed E-state index contributed by atoms with van der Waals surface area (Å²) in [5.41, 5.74) is 3.87. The Labute approximate surface area is 175 Å². The predicted molar refractivity (Wildman–Crippen MR) is 108 cm³/mol. The van der Waals surface area contributed by atoms with E-state index < -0.39 is 6.34 Å². The van der Waals surface area contributed by atoms with Crippen LogP contribution in [0.2, 0.25) is 0 Å². The molecule has 0 aliphatic carbocycles. The topological polar surface area (TPSA) is 15.5 Å². The fourth-order valence-corrected chi connectivity index (χ4v) is 9.18. The molecule has 0 atom stereocenters. The van der Waals surface area contributed by atoms with Crippen molar-refractivity contribution in [1.29, 1.82) is 0 Å². The molecule has 0 bridgehead atoms. The molecule has 2 heterocycles. The van der Waals surface area contributed by atoms with Gasteiger partial charge in [0.2, 0.25) is 5.44 Å². The Hall–Kier alpha value is -0.0100. The monoisotopic (exact) mass is 494 g/mol. The Bertz CT molecular complexity index is 722. The molecular weight excluding hydrogens is 462 g/mol. The van der Waals surface area contributed by atoms with Gasteiger partial charge in [-0.1, -0.05) is 45.6 Å². The summed E-state index contributed by atoms with van der Waals surface area (Å²) in [5, 5.41) is 0. The molecule has 0 saturated carbocycles. The fourth-order valence-electron chi connectivity index (χ4n) is 3.71. The molecule has 0 radical (unpaired) electrons. The highest BCUT2D eigenvalue weighted by Gasteiger charge is 2.40. The molecular formula is C18H32IN4PS. The van der Waals surface area contributed by atoms with E-state index in [2.05, 4.69) is 84.2 Å². The third-order valence-corrected chi connectivity index (χ3v) is 10.6. The number of pyridine rings is 1. The molecule has 0 spiro atoms. The molecule has 0 fully saturated rings. The van der Waals surface area contributed by atoms with Crippen LogP contribution in [0.25, 0.3) is 5.65 Å². The number of aryl methyl sites for hydroxylation is 1. The minimum atomic E-state index is -2.03. The quantitative estimate of drug-likeness (QED) is 0.296. The summed E-state index contributed by atoms with van der Waals surface area (Å²) in [5.74, 6) is 0. The molecule has 0 aliphatic rings. The number of fused-ring (bicyclic) bond motifs is 1. The molecule has 7 heteroatoms. The van der Waals surface area contributed by atoms with Crippen LogP contribution < -0.4 is 33.8 Å². The average molecular weight is 494 g/mol.